The summed E-state index contributed by atoms with van der Waals surface area (Å²) in [6.07, 6.45) is 0. The molecule has 0 unspecified atom stereocenters. The van der Waals surface area contributed by atoms with E-state index >= 15 is 0 Å². The van der Waals surface area contributed by atoms with Gasteiger partial charge in [0.2, 0.25) is 0 Å². The van der Waals surface area contributed by atoms with Crippen molar-refractivity contribution in [3.63, 3.8) is 0 Å². The Kier molecular flexibility index (Phi) is 5.62. The van der Waals surface area contributed by atoms with Crippen LogP contribution in [0.25, 0.3) is 11.1 Å². The van der Waals surface area contributed by atoms with Crippen molar-refractivity contribution in [3.05, 3.63) is 46.2 Å². The number of hydrogen-bond acceptors (Lipinski definition) is 1. The highest BCUT2D eigenvalue weighted by Gasteiger charge is 2.26. The van der Waals surface area contributed by atoms with Crippen LogP contribution in [0.3, 0.4) is 0 Å². The molecule has 2 rings (SSSR count). The van der Waals surface area contributed by atoms with Gasteiger partial charge in [-0.25, -0.2) is 0 Å². The maximum absolute atomic E-state index is 9.74. The highest BCUT2D eigenvalue weighted by Crippen LogP contribution is 2.54. The zero-order valence-electron chi connectivity index (χ0n) is 9.55. The van der Waals surface area contributed by atoms with Gasteiger partial charge >= 0.3 is 0 Å². The molecular formula is C12H2Cl8O. The molecule has 0 fully saturated rings. The van der Waals surface area contributed by atoms with Crippen molar-refractivity contribution in [3.8, 4) is 16.9 Å². The molecule has 0 spiro atoms. The molecule has 2 aromatic rings. The molecular weight excluding hydrogens is 444 g/mol. The third kappa shape index (κ3) is 3.00. The number of halogens is 8. The summed E-state index contributed by atoms with van der Waals surface area (Å²) in [6.45, 7) is 0. The van der Waals surface area contributed by atoms with Gasteiger partial charge in [-0.2, -0.15) is 0 Å². The van der Waals surface area contributed by atoms with Gasteiger partial charge in [0.1, 0.15) is 10.0 Å². The predicted molar refractivity (Wildman–Crippen MR) is 93.6 cm³/mol. The standard InChI is InChI=1S/C12H2Cl8O/c13-2-1-3(14)7(16)4(6(2)15)5-8(17)10(19)12(21)11(20)9(5)18/h1,21H. The van der Waals surface area contributed by atoms with Gasteiger partial charge in [0, 0.05) is 11.1 Å². The van der Waals surface area contributed by atoms with Crippen molar-refractivity contribution in [1.82, 2.24) is 0 Å². The van der Waals surface area contributed by atoms with E-state index in [-0.39, 0.29) is 51.3 Å². The van der Waals surface area contributed by atoms with Crippen molar-refractivity contribution < 1.29 is 5.11 Å². The van der Waals surface area contributed by atoms with Crippen molar-refractivity contribution >= 4 is 92.8 Å². The van der Waals surface area contributed by atoms with Gasteiger partial charge in [0.05, 0.1) is 30.1 Å². The number of phenolic OH excluding ortho intramolecular Hbond substituents is 1. The Morgan fingerprint density at radius 2 is 0.857 bits per heavy atom. The number of benzene rings is 2. The zero-order chi connectivity index (χ0) is 16.1. The Morgan fingerprint density at radius 3 is 1.24 bits per heavy atom. The van der Waals surface area contributed by atoms with E-state index in [2.05, 4.69) is 0 Å². The SMILES string of the molecule is Oc1c(Cl)c(Cl)c(-c2c(Cl)c(Cl)cc(Cl)c2Cl)c(Cl)c1Cl. The molecule has 0 saturated heterocycles. The van der Waals surface area contributed by atoms with E-state index in [4.69, 9.17) is 92.8 Å². The first kappa shape index (κ1) is 17.9. The second-order valence-corrected chi connectivity index (χ2v) is 6.90. The van der Waals surface area contributed by atoms with Crippen LogP contribution >= 0.6 is 92.8 Å². The van der Waals surface area contributed by atoms with E-state index in [1.54, 1.807) is 0 Å². The summed E-state index contributed by atoms with van der Waals surface area (Å²) < 4.78 is 0. The van der Waals surface area contributed by atoms with Gasteiger partial charge in [0.15, 0.2) is 5.75 Å². The lowest BCUT2D eigenvalue weighted by Crippen LogP contribution is -1.90. The molecule has 1 nitrogen and oxygen atoms in total. The molecule has 0 aliphatic carbocycles. The van der Waals surface area contributed by atoms with E-state index in [0.717, 1.165) is 0 Å². The van der Waals surface area contributed by atoms with Crippen LogP contribution < -0.4 is 0 Å². The highest BCUT2D eigenvalue weighted by atomic mass is 35.5. The lowest BCUT2D eigenvalue weighted by molar-refractivity contribution is 0.476. The van der Waals surface area contributed by atoms with E-state index in [1.807, 2.05) is 0 Å². The van der Waals surface area contributed by atoms with Crippen LogP contribution in [0.4, 0.5) is 0 Å². The summed E-state index contributed by atoms with van der Waals surface area (Å²) in [5.74, 6) is -0.447. The van der Waals surface area contributed by atoms with Crippen LogP contribution in [0.2, 0.25) is 40.2 Å². The minimum atomic E-state index is -0.447. The third-order valence-electron chi connectivity index (χ3n) is 2.60. The monoisotopic (exact) mass is 442 g/mol. The zero-order valence-corrected chi connectivity index (χ0v) is 15.6. The molecule has 1 N–H and O–H groups in total. The molecule has 0 amide bonds. The first-order chi connectivity index (χ1) is 9.68. The molecule has 2 aromatic carbocycles. The smallest absolute Gasteiger partial charge is 0.155 e. The summed E-state index contributed by atoms with van der Waals surface area (Å²) in [5, 5.41) is 9.65. The maximum atomic E-state index is 9.74. The van der Waals surface area contributed by atoms with Crippen LogP contribution in [0.5, 0.6) is 5.75 Å². The second kappa shape index (κ2) is 6.59. The second-order valence-electron chi connectivity index (χ2n) is 3.82. The topological polar surface area (TPSA) is 20.2 Å². The van der Waals surface area contributed by atoms with E-state index < -0.39 is 5.75 Å². The summed E-state index contributed by atoms with van der Waals surface area (Å²) in [5.41, 5.74) is 0.306. The molecule has 0 aliphatic rings. The fourth-order valence-electron chi connectivity index (χ4n) is 1.63. The van der Waals surface area contributed by atoms with E-state index in [0.29, 0.717) is 0 Å². The average Bonchev–Trinajstić information content (AvgIpc) is 2.44. The molecule has 9 heteroatoms. The van der Waals surface area contributed by atoms with Crippen molar-refractivity contribution in [2.75, 3.05) is 0 Å². The molecule has 112 valence electrons. The lowest BCUT2D eigenvalue weighted by Gasteiger charge is -2.16. The number of hydrogen-bond donors (Lipinski definition) is 1. The molecule has 0 saturated carbocycles. The summed E-state index contributed by atoms with van der Waals surface area (Å²) in [4.78, 5) is 0. The van der Waals surface area contributed by atoms with E-state index in [1.165, 1.54) is 6.07 Å². The molecule has 21 heavy (non-hydrogen) atoms. The molecule has 0 aromatic heterocycles. The Bertz CT molecular complexity index is 701. The van der Waals surface area contributed by atoms with Gasteiger partial charge in [-0.1, -0.05) is 92.8 Å². The summed E-state index contributed by atoms with van der Waals surface area (Å²) in [6, 6.07) is 1.38. The molecule has 0 atom stereocenters. The Labute approximate surface area is 160 Å². The largest absolute Gasteiger partial charge is 0.505 e. The fourth-order valence-corrected chi connectivity index (χ4v) is 3.66. The number of aromatic hydroxyl groups is 1. The fraction of sp³-hybridized carbons (Fsp3) is 0. The van der Waals surface area contributed by atoms with Crippen molar-refractivity contribution in [2.45, 2.75) is 0 Å². The van der Waals surface area contributed by atoms with Crippen LogP contribution in [-0.2, 0) is 0 Å². The van der Waals surface area contributed by atoms with Gasteiger partial charge in [-0.15, -0.1) is 0 Å². The Hall–Kier alpha value is 0.560. The summed E-state index contributed by atoms with van der Waals surface area (Å²) in [7, 11) is 0. The first-order valence-electron chi connectivity index (χ1n) is 5.06. The summed E-state index contributed by atoms with van der Waals surface area (Å²) >= 11 is 48.3. The number of rotatable bonds is 1. The minimum Gasteiger partial charge on any atom is -0.505 e. The molecule has 0 bridgehead atoms. The lowest BCUT2D eigenvalue weighted by atomic mass is 10.0. The third-order valence-corrected chi connectivity index (χ3v) is 5.86. The van der Waals surface area contributed by atoms with Crippen LogP contribution in [0.1, 0.15) is 0 Å². The highest BCUT2D eigenvalue weighted by molar-refractivity contribution is 6.54. The molecule has 0 heterocycles. The molecule has 0 radical (unpaired) electrons. The molecule has 0 aliphatic heterocycles. The Balaban J connectivity index is 3.00. The number of phenols is 1. The maximum Gasteiger partial charge on any atom is 0.155 e. The average molecular weight is 446 g/mol. The van der Waals surface area contributed by atoms with Gasteiger partial charge in [0.25, 0.3) is 0 Å². The normalized spacial score (nSPS) is 11.0. The van der Waals surface area contributed by atoms with Gasteiger partial charge < -0.3 is 5.11 Å². The van der Waals surface area contributed by atoms with Crippen molar-refractivity contribution in [2.24, 2.45) is 0 Å². The van der Waals surface area contributed by atoms with Gasteiger partial charge in [-0.3, -0.25) is 0 Å². The van der Waals surface area contributed by atoms with Crippen molar-refractivity contribution in [1.29, 1.82) is 0 Å². The van der Waals surface area contributed by atoms with Crippen LogP contribution in [0, 0.1) is 0 Å². The quantitative estimate of drug-likeness (QED) is 0.438. The predicted octanol–water partition coefficient (Wildman–Crippen LogP) is 8.29. The van der Waals surface area contributed by atoms with E-state index in [9.17, 15) is 5.11 Å². The van der Waals surface area contributed by atoms with Gasteiger partial charge in [-0.05, 0) is 6.07 Å². The van der Waals surface area contributed by atoms with Crippen LogP contribution in [0.15, 0.2) is 6.07 Å². The first-order valence-corrected chi connectivity index (χ1v) is 8.09. The Morgan fingerprint density at radius 1 is 0.524 bits per heavy atom. The van der Waals surface area contributed by atoms with Crippen LogP contribution in [-0.4, -0.2) is 5.11 Å². The minimum absolute atomic E-state index is 0.0766.